The van der Waals surface area contributed by atoms with Crippen LogP contribution in [-0.2, 0) is 19.0 Å². The van der Waals surface area contributed by atoms with Gasteiger partial charge in [-0.3, -0.25) is 4.79 Å². The third kappa shape index (κ3) is 3.30. The Hall–Kier alpha value is -0.790. The number of rotatable bonds is 3. The highest BCUT2D eigenvalue weighted by molar-refractivity contribution is 5.86. The number of ether oxygens (including phenoxy) is 3. The van der Waals surface area contributed by atoms with Crippen molar-refractivity contribution in [2.45, 2.75) is 69.7 Å². The van der Waals surface area contributed by atoms with Gasteiger partial charge in [0.25, 0.3) is 0 Å². The van der Waals surface area contributed by atoms with E-state index in [4.69, 9.17) is 14.2 Å². The maximum absolute atomic E-state index is 12.7. The Morgan fingerprint density at radius 2 is 2.00 bits per heavy atom. The Balaban J connectivity index is 1.68. The quantitative estimate of drug-likeness (QED) is 0.741. The lowest BCUT2D eigenvalue weighted by Gasteiger charge is -2.46. The van der Waals surface area contributed by atoms with Crippen LogP contribution in [-0.4, -0.2) is 65.8 Å². The van der Waals surface area contributed by atoms with E-state index in [2.05, 4.69) is 13.5 Å². The highest BCUT2D eigenvalue weighted by atomic mass is 16.6. The van der Waals surface area contributed by atoms with Crippen LogP contribution in [0, 0.1) is 11.8 Å². The fourth-order valence-corrected chi connectivity index (χ4v) is 3.96. The summed E-state index contributed by atoms with van der Waals surface area (Å²) in [6.45, 7) is 8.49. The molecule has 3 saturated heterocycles. The highest BCUT2D eigenvalue weighted by Gasteiger charge is 2.49. The van der Waals surface area contributed by atoms with Crippen LogP contribution in [0.15, 0.2) is 12.2 Å². The number of carbonyl (C=O) groups is 1. The summed E-state index contributed by atoms with van der Waals surface area (Å²) in [5.41, 5.74) is 1.02. The third-order valence-electron chi connectivity index (χ3n) is 5.72. The van der Waals surface area contributed by atoms with Crippen molar-refractivity contribution >= 4 is 5.78 Å². The molecule has 24 heavy (non-hydrogen) atoms. The largest absolute Gasteiger partial charge is 0.394 e. The van der Waals surface area contributed by atoms with Gasteiger partial charge in [0.2, 0.25) is 0 Å². The molecule has 0 aromatic heterocycles. The van der Waals surface area contributed by atoms with E-state index in [-0.39, 0.29) is 30.5 Å². The summed E-state index contributed by atoms with van der Waals surface area (Å²) < 4.78 is 17.5. The molecule has 0 saturated carbocycles. The van der Waals surface area contributed by atoms with Crippen LogP contribution in [0.4, 0.5) is 0 Å². The summed E-state index contributed by atoms with van der Waals surface area (Å²) in [6.07, 6.45) is -1.11. The van der Waals surface area contributed by atoms with Gasteiger partial charge >= 0.3 is 0 Å². The van der Waals surface area contributed by atoms with E-state index in [1.54, 1.807) is 0 Å². The van der Waals surface area contributed by atoms with Gasteiger partial charge in [0.15, 0.2) is 5.78 Å². The van der Waals surface area contributed by atoms with E-state index in [1.165, 1.54) is 0 Å². The highest BCUT2D eigenvalue weighted by Crippen LogP contribution is 2.36. The molecule has 0 aromatic rings. The Kier molecular flexibility index (Phi) is 5.42. The first-order valence-electron chi connectivity index (χ1n) is 8.86. The summed E-state index contributed by atoms with van der Waals surface area (Å²) >= 11 is 0. The first-order chi connectivity index (χ1) is 11.4. The topological polar surface area (TPSA) is 85.2 Å². The molecule has 0 aromatic carbocycles. The maximum atomic E-state index is 12.7. The number of carbonyl (C=O) groups excluding carboxylic acids is 1. The number of Topliss-reactive ketones (excluding diaryl/α,β-unsaturated/α-hetero) is 1. The number of hydrogen-bond acceptors (Lipinski definition) is 6. The zero-order chi connectivity index (χ0) is 17.4. The lowest BCUT2D eigenvalue weighted by molar-refractivity contribution is -0.236. The Labute approximate surface area is 142 Å². The van der Waals surface area contributed by atoms with Gasteiger partial charge in [-0.2, -0.15) is 0 Å². The molecule has 6 nitrogen and oxygen atoms in total. The molecule has 1 unspecified atom stereocenters. The second-order valence-electron chi connectivity index (χ2n) is 7.34. The van der Waals surface area contributed by atoms with Crippen LogP contribution in [0.3, 0.4) is 0 Å². The average Bonchev–Trinajstić information content (AvgIpc) is 2.56. The standard InChI is InChI=1S/C18H28O6/c1-9-4-5-22-13(10(9)2)7-14-17(21)11(3)18-15(23-14)6-12(20)16(8-19)24-18/h9,11-16,18-20H,2,4-8H2,1,3H3/t9-,11-,12-,13-,14+,15+,16?,18+/m1/s1. The average molecular weight is 340 g/mol. The second kappa shape index (κ2) is 7.22. The first kappa shape index (κ1) is 18.0. The lowest BCUT2D eigenvalue weighted by atomic mass is 9.81. The fraction of sp³-hybridized carbons (Fsp3) is 0.833. The molecule has 3 heterocycles. The van der Waals surface area contributed by atoms with E-state index in [0.717, 1.165) is 12.0 Å². The molecular formula is C18H28O6. The summed E-state index contributed by atoms with van der Waals surface area (Å²) in [4.78, 5) is 12.7. The molecule has 3 fully saturated rings. The number of ketones is 1. The summed E-state index contributed by atoms with van der Waals surface area (Å²) in [6, 6.07) is 0. The zero-order valence-electron chi connectivity index (χ0n) is 14.4. The van der Waals surface area contributed by atoms with Crippen LogP contribution in [0.2, 0.25) is 0 Å². The fourth-order valence-electron chi connectivity index (χ4n) is 3.96. The first-order valence-corrected chi connectivity index (χ1v) is 8.86. The van der Waals surface area contributed by atoms with E-state index < -0.39 is 24.4 Å². The molecule has 0 spiro atoms. The van der Waals surface area contributed by atoms with E-state index >= 15 is 0 Å². The molecule has 136 valence electrons. The monoisotopic (exact) mass is 340 g/mol. The smallest absolute Gasteiger partial charge is 0.167 e. The van der Waals surface area contributed by atoms with Gasteiger partial charge in [0.1, 0.15) is 12.2 Å². The van der Waals surface area contributed by atoms with Crippen molar-refractivity contribution in [1.29, 1.82) is 0 Å². The van der Waals surface area contributed by atoms with Crippen molar-refractivity contribution in [3.8, 4) is 0 Å². The molecule has 6 heteroatoms. The van der Waals surface area contributed by atoms with E-state index in [9.17, 15) is 15.0 Å². The van der Waals surface area contributed by atoms with Gasteiger partial charge in [0, 0.05) is 25.4 Å². The molecule has 8 atom stereocenters. The van der Waals surface area contributed by atoms with Crippen LogP contribution in [0.5, 0.6) is 0 Å². The molecule has 2 N–H and O–H groups in total. The molecule has 0 radical (unpaired) electrons. The van der Waals surface area contributed by atoms with Crippen molar-refractivity contribution in [3.63, 3.8) is 0 Å². The van der Waals surface area contributed by atoms with Gasteiger partial charge < -0.3 is 24.4 Å². The zero-order valence-corrected chi connectivity index (χ0v) is 14.4. The number of aliphatic hydroxyl groups is 2. The molecule has 3 aliphatic rings. The second-order valence-corrected chi connectivity index (χ2v) is 7.34. The summed E-state index contributed by atoms with van der Waals surface area (Å²) in [5, 5.41) is 19.3. The Morgan fingerprint density at radius 1 is 1.25 bits per heavy atom. The van der Waals surface area contributed by atoms with Gasteiger partial charge in [-0.05, 0) is 17.9 Å². The maximum Gasteiger partial charge on any atom is 0.167 e. The molecule has 0 bridgehead atoms. The number of hydrogen-bond donors (Lipinski definition) is 2. The summed E-state index contributed by atoms with van der Waals surface area (Å²) in [5.74, 6) is 0.0568. The minimum Gasteiger partial charge on any atom is -0.394 e. The molecule has 3 rings (SSSR count). The van der Waals surface area contributed by atoms with E-state index in [0.29, 0.717) is 25.4 Å². The number of aliphatic hydroxyl groups excluding tert-OH is 2. The van der Waals surface area contributed by atoms with Crippen molar-refractivity contribution in [2.24, 2.45) is 11.8 Å². The van der Waals surface area contributed by atoms with Crippen LogP contribution < -0.4 is 0 Å². The van der Waals surface area contributed by atoms with Crippen LogP contribution >= 0.6 is 0 Å². The van der Waals surface area contributed by atoms with Crippen LogP contribution in [0.25, 0.3) is 0 Å². The number of fused-ring (bicyclic) bond motifs is 1. The van der Waals surface area contributed by atoms with E-state index in [1.807, 2.05) is 6.92 Å². The molecular weight excluding hydrogens is 312 g/mol. The normalized spacial score (nSPS) is 46.7. The summed E-state index contributed by atoms with van der Waals surface area (Å²) in [7, 11) is 0. The van der Waals surface area contributed by atoms with Gasteiger partial charge in [0.05, 0.1) is 31.0 Å². The van der Waals surface area contributed by atoms with Gasteiger partial charge in [-0.15, -0.1) is 0 Å². The lowest BCUT2D eigenvalue weighted by Crippen LogP contribution is -2.59. The van der Waals surface area contributed by atoms with Crippen molar-refractivity contribution in [1.82, 2.24) is 0 Å². The van der Waals surface area contributed by atoms with Crippen molar-refractivity contribution in [3.05, 3.63) is 12.2 Å². The minimum absolute atomic E-state index is 0.000967. The molecule has 3 aliphatic heterocycles. The predicted molar refractivity (Wildman–Crippen MR) is 86.5 cm³/mol. The van der Waals surface area contributed by atoms with Crippen molar-refractivity contribution in [2.75, 3.05) is 13.2 Å². The Morgan fingerprint density at radius 3 is 2.71 bits per heavy atom. The molecule has 0 aliphatic carbocycles. The van der Waals surface area contributed by atoms with Crippen molar-refractivity contribution < 1.29 is 29.2 Å². The van der Waals surface area contributed by atoms with Gasteiger partial charge in [-0.25, -0.2) is 0 Å². The van der Waals surface area contributed by atoms with Gasteiger partial charge in [-0.1, -0.05) is 20.4 Å². The Bertz CT molecular complexity index is 492. The predicted octanol–water partition coefficient (Wildman–Crippen LogP) is 0.841. The minimum atomic E-state index is -0.779. The third-order valence-corrected chi connectivity index (χ3v) is 5.72. The SMILES string of the molecule is C=C1[C@H](C)CCO[C@@H]1C[C@@H]1O[C@H]2C[C@@H](O)C(CO)O[C@H]2[C@H](C)C1=O. The molecule has 0 amide bonds. The van der Waals surface area contributed by atoms with Crippen LogP contribution in [0.1, 0.15) is 33.1 Å².